The van der Waals surface area contributed by atoms with Crippen LogP contribution in [0.25, 0.3) is 0 Å². The van der Waals surface area contributed by atoms with Crippen LogP contribution in [-0.4, -0.2) is 6.21 Å². The van der Waals surface area contributed by atoms with E-state index < -0.39 is 0 Å². The fourth-order valence-electron chi connectivity index (χ4n) is 0.417. The lowest BCUT2D eigenvalue weighted by Gasteiger charge is -1.83. The average Bonchev–Trinajstić information content (AvgIpc) is 1.93. The standard InChI is InChI=1S/C7H11N.C2H6/c1-4-6-7(3)8-5-2;1-2/h4-6H,1H2,2-3H3;1-2H3/b7-6+,8-5?;. The molecule has 0 N–H and O–H groups in total. The normalized spacial score (nSPS) is 10.6. The molecule has 0 aromatic heterocycles. The zero-order valence-corrected chi connectivity index (χ0v) is 7.39. The Kier molecular flexibility index (Phi) is 13.1. The molecule has 0 rings (SSSR count). The Morgan fingerprint density at radius 3 is 2.20 bits per heavy atom. The van der Waals surface area contributed by atoms with E-state index in [1.165, 1.54) is 0 Å². The van der Waals surface area contributed by atoms with Gasteiger partial charge in [-0.2, -0.15) is 0 Å². The van der Waals surface area contributed by atoms with E-state index in [2.05, 4.69) is 11.6 Å². The lowest BCUT2D eigenvalue weighted by Crippen LogP contribution is -1.65. The topological polar surface area (TPSA) is 12.4 Å². The first-order valence-electron chi connectivity index (χ1n) is 3.59. The van der Waals surface area contributed by atoms with Gasteiger partial charge in [0.15, 0.2) is 0 Å². The van der Waals surface area contributed by atoms with E-state index in [-0.39, 0.29) is 0 Å². The molecule has 0 aliphatic carbocycles. The highest BCUT2D eigenvalue weighted by atomic mass is 14.7. The van der Waals surface area contributed by atoms with Crippen LogP contribution in [0.5, 0.6) is 0 Å². The van der Waals surface area contributed by atoms with Gasteiger partial charge in [-0.1, -0.05) is 26.5 Å². The highest BCUT2D eigenvalue weighted by molar-refractivity contribution is 5.55. The van der Waals surface area contributed by atoms with Crippen LogP contribution in [0.1, 0.15) is 27.7 Å². The second-order valence-corrected chi connectivity index (χ2v) is 1.43. The molecule has 0 fully saturated rings. The average molecular weight is 139 g/mol. The van der Waals surface area contributed by atoms with Crippen LogP contribution >= 0.6 is 0 Å². The molecular weight excluding hydrogens is 122 g/mol. The molecule has 0 bridgehead atoms. The van der Waals surface area contributed by atoms with E-state index in [9.17, 15) is 0 Å². The summed E-state index contributed by atoms with van der Waals surface area (Å²) < 4.78 is 0. The van der Waals surface area contributed by atoms with Crippen LogP contribution in [0, 0.1) is 0 Å². The lowest BCUT2D eigenvalue weighted by atomic mass is 10.4. The van der Waals surface area contributed by atoms with Crippen molar-refractivity contribution < 1.29 is 0 Å². The van der Waals surface area contributed by atoms with Crippen molar-refractivity contribution in [2.75, 3.05) is 0 Å². The van der Waals surface area contributed by atoms with Gasteiger partial charge in [-0.3, -0.25) is 4.99 Å². The van der Waals surface area contributed by atoms with E-state index in [4.69, 9.17) is 0 Å². The highest BCUT2D eigenvalue weighted by Gasteiger charge is 1.72. The molecule has 0 saturated carbocycles. The quantitative estimate of drug-likeness (QED) is 0.411. The van der Waals surface area contributed by atoms with Crippen molar-refractivity contribution in [3.05, 3.63) is 24.4 Å². The summed E-state index contributed by atoms with van der Waals surface area (Å²) >= 11 is 0. The van der Waals surface area contributed by atoms with E-state index in [1.807, 2.05) is 33.8 Å². The van der Waals surface area contributed by atoms with E-state index in [0.717, 1.165) is 5.70 Å². The predicted molar refractivity (Wildman–Crippen MR) is 49.5 cm³/mol. The zero-order chi connectivity index (χ0) is 8.41. The van der Waals surface area contributed by atoms with E-state index in [1.54, 1.807) is 12.3 Å². The van der Waals surface area contributed by atoms with Gasteiger partial charge >= 0.3 is 0 Å². The Labute approximate surface area is 64.2 Å². The fourth-order valence-corrected chi connectivity index (χ4v) is 0.417. The summed E-state index contributed by atoms with van der Waals surface area (Å²) in [5.74, 6) is 0. The van der Waals surface area contributed by atoms with Gasteiger partial charge in [-0.05, 0) is 19.9 Å². The largest absolute Gasteiger partial charge is 0.266 e. The van der Waals surface area contributed by atoms with Crippen LogP contribution in [0.2, 0.25) is 0 Å². The third-order valence-corrected chi connectivity index (χ3v) is 0.692. The van der Waals surface area contributed by atoms with Gasteiger partial charge < -0.3 is 0 Å². The zero-order valence-electron chi connectivity index (χ0n) is 7.39. The molecule has 0 atom stereocenters. The predicted octanol–water partition coefficient (Wildman–Crippen LogP) is 3.19. The minimum atomic E-state index is 0.988. The maximum atomic E-state index is 3.98. The van der Waals surface area contributed by atoms with E-state index in [0.29, 0.717) is 0 Å². The summed E-state index contributed by atoms with van der Waals surface area (Å²) in [5.41, 5.74) is 0.988. The molecule has 58 valence electrons. The summed E-state index contributed by atoms with van der Waals surface area (Å²) in [7, 11) is 0. The summed E-state index contributed by atoms with van der Waals surface area (Å²) in [4.78, 5) is 3.98. The molecule has 0 aromatic carbocycles. The number of hydrogen-bond acceptors (Lipinski definition) is 1. The third kappa shape index (κ3) is 10.2. The summed E-state index contributed by atoms with van der Waals surface area (Å²) in [6.07, 6.45) is 5.34. The lowest BCUT2D eigenvalue weighted by molar-refractivity contribution is 1.31. The molecular formula is C9H17N. The molecule has 0 amide bonds. The molecule has 1 heteroatoms. The minimum Gasteiger partial charge on any atom is -0.266 e. The molecule has 0 radical (unpaired) electrons. The van der Waals surface area contributed by atoms with Crippen LogP contribution in [-0.2, 0) is 0 Å². The first-order chi connectivity index (χ1) is 4.81. The van der Waals surface area contributed by atoms with Gasteiger partial charge in [0, 0.05) is 11.9 Å². The van der Waals surface area contributed by atoms with Gasteiger partial charge in [0.05, 0.1) is 0 Å². The smallest absolute Gasteiger partial charge is 0.0368 e. The molecule has 1 nitrogen and oxygen atoms in total. The maximum absolute atomic E-state index is 3.98. The molecule has 10 heavy (non-hydrogen) atoms. The number of nitrogens with zero attached hydrogens (tertiary/aromatic N) is 1. The summed E-state index contributed by atoms with van der Waals surface area (Å²) in [6.45, 7) is 11.4. The maximum Gasteiger partial charge on any atom is 0.0368 e. The first kappa shape index (κ1) is 11.9. The number of aliphatic imine (C=N–C) groups is 1. The van der Waals surface area contributed by atoms with Crippen LogP contribution in [0.4, 0.5) is 0 Å². The Balaban J connectivity index is 0. The molecule has 0 aromatic rings. The third-order valence-electron chi connectivity index (χ3n) is 0.692. The number of rotatable bonds is 2. The van der Waals surface area contributed by atoms with Crippen molar-refractivity contribution in [3.63, 3.8) is 0 Å². The van der Waals surface area contributed by atoms with E-state index >= 15 is 0 Å². The van der Waals surface area contributed by atoms with Crippen LogP contribution < -0.4 is 0 Å². The monoisotopic (exact) mass is 139 g/mol. The molecule has 0 saturated heterocycles. The van der Waals surface area contributed by atoms with Crippen molar-refractivity contribution in [2.24, 2.45) is 4.99 Å². The Hall–Kier alpha value is -0.850. The van der Waals surface area contributed by atoms with Crippen molar-refractivity contribution in [3.8, 4) is 0 Å². The fraction of sp³-hybridized carbons (Fsp3) is 0.444. The summed E-state index contributed by atoms with van der Waals surface area (Å²) in [5, 5.41) is 0. The van der Waals surface area contributed by atoms with Crippen LogP contribution in [0.3, 0.4) is 0 Å². The van der Waals surface area contributed by atoms with Crippen molar-refractivity contribution in [1.82, 2.24) is 0 Å². The highest BCUT2D eigenvalue weighted by Crippen LogP contribution is 1.91. The summed E-state index contributed by atoms with van der Waals surface area (Å²) in [6, 6.07) is 0. The first-order valence-corrected chi connectivity index (χ1v) is 3.59. The van der Waals surface area contributed by atoms with Gasteiger partial charge in [0.25, 0.3) is 0 Å². The van der Waals surface area contributed by atoms with Crippen molar-refractivity contribution in [1.29, 1.82) is 0 Å². The van der Waals surface area contributed by atoms with Gasteiger partial charge in [0.2, 0.25) is 0 Å². The molecule has 0 heterocycles. The van der Waals surface area contributed by atoms with Crippen molar-refractivity contribution in [2.45, 2.75) is 27.7 Å². The Bertz CT molecular complexity index is 121. The second kappa shape index (κ2) is 11.0. The number of allylic oxidation sites excluding steroid dienone is 3. The molecule has 0 spiro atoms. The molecule has 0 aliphatic rings. The Morgan fingerprint density at radius 2 is 1.90 bits per heavy atom. The van der Waals surface area contributed by atoms with Gasteiger partial charge in [-0.25, -0.2) is 0 Å². The van der Waals surface area contributed by atoms with Crippen molar-refractivity contribution >= 4 is 6.21 Å². The number of hydrogen-bond donors (Lipinski definition) is 0. The molecule has 0 unspecified atom stereocenters. The Morgan fingerprint density at radius 1 is 1.40 bits per heavy atom. The second-order valence-electron chi connectivity index (χ2n) is 1.43. The minimum absolute atomic E-state index is 0.988. The van der Waals surface area contributed by atoms with Gasteiger partial charge in [0.1, 0.15) is 0 Å². The molecule has 0 aliphatic heterocycles. The SMILES string of the molecule is C=C/C=C(\C)N=CC.CC. The van der Waals surface area contributed by atoms with Crippen LogP contribution in [0.15, 0.2) is 29.4 Å². The van der Waals surface area contributed by atoms with Gasteiger partial charge in [-0.15, -0.1) is 0 Å².